The smallest absolute Gasteiger partial charge is 0.144 e. The Bertz CT molecular complexity index is 553. The van der Waals surface area contributed by atoms with Crippen molar-refractivity contribution in [2.24, 2.45) is 0 Å². The number of nitrogens with two attached hydrogens (primary N) is 1. The lowest BCUT2D eigenvalue weighted by molar-refractivity contribution is 0.239. The summed E-state index contributed by atoms with van der Waals surface area (Å²) in [6, 6.07) is 10.3. The van der Waals surface area contributed by atoms with E-state index in [1.807, 2.05) is 0 Å². The maximum atomic E-state index is 5.67. The molecule has 2 N–H and O–H groups in total. The fourth-order valence-corrected chi connectivity index (χ4v) is 2.38. The Kier molecular flexibility index (Phi) is 2.94. The van der Waals surface area contributed by atoms with Crippen molar-refractivity contribution in [2.75, 3.05) is 12.3 Å². The second kappa shape index (κ2) is 4.74. The Balaban J connectivity index is 1.73. The Hall–Kier alpha value is -1.94. The van der Waals surface area contributed by atoms with E-state index in [-0.39, 0.29) is 0 Å². The van der Waals surface area contributed by atoms with Gasteiger partial charge < -0.3 is 5.73 Å². The minimum Gasteiger partial charge on any atom is -0.384 e. The van der Waals surface area contributed by atoms with Gasteiger partial charge in [0.05, 0.1) is 6.54 Å². The van der Waals surface area contributed by atoms with Gasteiger partial charge in [0.25, 0.3) is 0 Å². The lowest BCUT2D eigenvalue weighted by Gasteiger charge is -2.27. The van der Waals surface area contributed by atoms with Crippen LogP contribution in [0, 0.1) is 0 Å². The number of fused-ring (bicyclic) bond motifs is 1. The van der Waals surface area contributed by atoms with Gasteiger partial charge in [0.2, 0.25) is 0 Å². The van der Waals surface area contributed by atoms with Crippen LogP contribution in [0.2, 0.25) is 0 Å². The maximum Gasteiger partial charge on any atom is 0.144 e. The maximum absolute atomic E-state index is 5.67. The predicted molar refractivity (Wildman–Crippen MR) is 70.7 cm³/mol. The third kappa shape index (κ3) is 2.33. The topological polar surface area (TPSA) is 55.0 Å². The zero-order valence-corrected chi connectivity index (χ0v) is 10.2. The fraction of sp³-hybridized carbons (Fsp3) is 0.286. The summed E-state index contributed by atoms with van der Waals surface area (Å²) in [7, 11) is 0. The van der Waals surface area contributed by atoms with Gasteiger partial charge in [0.1, 0.15) is 11.6 Å². The van der Waals surface area contributed by atoms with Gasteiger partial charge in [0.15, 0.2) is 0 Å². The Labute approximate surface area is 106 Å². The summed E-state index contributed by atoms with van der Waals surface area (Å²) in [5.74, 6) is 1.34. The lowest BCUT2D eigenvalue weighted by atomic mass is 10.00. The van der Waals surface area contributed by atoms with Crippen LogP contribution in [0.4, 0.5) is 5.82 Å². The zero-order chi connectivity index (χ0) is 12.4. The van der Waals surface area contributed by atoms with Crippen molar-refractivity contribution in [3.63, 3.8) is 0 Å². The molecule has 1 aliphatic rings. The van der Waals surface area contributed by atoms with Gasteiger partial charge in [-0.2, -0.15) is 0 Å². The monoisotopic (exact) mass is 240 g/mol. The zero-order valence-electron chi connectivity index (χ0n) is 10.2. The van der Waals surface area contributed by atoms with Crippen molar-refractivity contribution in [1.29, 1.82) is 0 Å². The van der Waals surface area contributed by atoms with Crippen LogP contribution in [0.3, 0.4) is 0 Å². The first-order chi connectivity index (χ1) is 8.81. The van der Waals surface area contributed by atoms with Crippen molar-refractivity contribution in [2.45, 2.75) is 19.5 Å². The van der Waals surface area contributed by atoms with E-state index in [2.05, 4.69) is 39.1 Å². The van der Waals surface area contributed by atoms with E-state index in [9.17, 15) is 0 Å². The van der Waals surface area contributed by atoms with Crippen LogP contribution in [-0.4, -0.2) is 21.4 Å². The summed E-state index contributed by atoms with van der Waals surface area (Å²) in [4.78, 5) is 10.9. The summed E-state index contributed by atoms with van der Waals surface area (Å²) >= 11 is 0. The highest BCUT2D eigenvalue weighted by Gasteiger charge is 2.16. The van der Waals surface area contributed by atoms with Crippen molar-refractivity contribution < 1.29 is 0 Å². The van der Waals surface area contributed by atoms with E-state index in [1.165, 1.54) is 11.1 Å². The van der Waals surface area contributed by atoms with Crippen LogP contribution in [0.5, 0.6) is 0 Å². The minimum absolute atomic E-state index is 0.539. The highest BCUT2D eigenvalue weighted by atomic mass is 15.1. The largest absolute Gasteiger partial charge is 0.384 e. The fourth-order valence-electron chi connectivity index (χ4n) is 2.38. The molecule has 0 fully saturated rings. The van der Waals surface area contributed by atoms with E-state index in [4.69, 9.17) is 5.73 Å². The quantitative estimate of drug-likeness (QED) is 0.866. The van der Waals surface area contributed by atoms with E-state index in [0.29, 0.717) is 5.82 Å². The summed E-state index contributed by atoms with van der Waals surface area (Å²) < 4.78 is 0. The molecule has 0 saturated carbocycles. The normalized spacial score (nSPS) is 15.3. The number of nitrogens with zero attached hydrogens (tertiary/aromatic N) is 3. The first-order valence-corrected chi connectivity index (χ1v) is 6.18. The summed E-state index contributed by atoms with van der Waals surface area (Å²) in [5, 5.41) is 0. The molecule has 92 valence electrons. The highest BCUT2D eigenvalue weighted by Crippen LogP contribution is 2.19. The molecule has 0 radical (unpaired) electrons. The summed E-state index contributed by atoms with van der Waals surface area (Å²) in [5.41, 5.74) is 8.54. The molecule has 2 aromatic rings. The average Bonchev–Trinajstić information content (AvgIpc) is 2.39. The van der Waals surface area contributed by atoms with Gasteiger partial charge in [-0.15, -0.1) is 0 Å². The average molecular weight is 240 g/mol. The molecular weight excluding hydrogens is 224 g/mol. The molecule has 4 nitrogen and oxygen atoms in total. The Morgan fingerprint density at radius 3 is 2.83 bits per heavy atom. The van der Waals surface area contributed by atoms with Gasteiger partial charge in [0, 0.05) is 19.3 Å². The van der Waals surface area contributed by atoms with Crippen LogP contribution in [0.1, 0.15) is 17.0 Å². The van der Waals surface area contributed by atoms with Crippen LogP contribution >= 0.6 is 0 Å². The number of nitrogen functional groups attached to an aromatic ring is 1. The van der Waals surface area contributed by atoms with Gasteiger partial charge in [-0.3, -0.25) is 4.90 Å². The third-order valence-electron chi connectivity index (χ3n) is 3.30. The van der Waals surface area contributed by atoms with Crippen LogP contribution < -0.4 is 5.73 Å². The molecule has 0 atom stereocenters. The standard InChI is InChI=1S/C14H16N4/c15-13-5-7-16-14(17-13)10-18-8-6-11-3-1-2-4-12(11)9-18/h1-5,7H,6,8-10H2,(H2,15,16,17). The van der Waals surface area contributed by atoms with E-state index >= 15 is 0 Å². The first-order valence-electron chi connectivity index (χ1n) is 6.18. The Morgan fingerprint density at radius 2 is 2.00 bits per heavy atom. The second-order valence-corrected chi connectivity index (χ2v) is 4.63. The molecule has 2 heterocycles. The molecule has 1 aliphatic heterocycles. The van der Waals surface area contributed by atoms with Crippen molar-refractivity contribution in [3.8, 4) is 0 Å². The predicted octanol–water partition coefficient (Wildman–Crippen LogP) is 1.62. The number of anilines is 1. The molecule has 0 amide bonds. The number of hydrogen-bond donors (Lipinski definition) is 1. The van der Waals surface area contributed by atoms with Crippen LogP contribution in [-0.2, 0) is 19.5 Å². The molecule has 0 unspecified atom stereocenters. The molecule has 4 heteroatoms. The number of benzene rings is 1. The van der Waals surface area contributed by atoms with Crippen LogP contribution in [0.25, 0.3) is 0 Å². The van der Waals surface area contributed by atoms with Crippen LogP contribution in [0.15, 0.2) is 36.5 Å². The molecule has 18 heavy (non-hydrogen) atoms. The molecular formula is C14H16N4. The Morgan fingerprint density at radius 1 is 1.17 bits per heavy atom. The molecule has 1 aromatic heterocycles. The molecule has 3 rings (SSSR count). The van der Waals surface area contributed by atoms with Crippen molar-refractivity contribution >= 4 is 5.82 Å². The number of rotatable bonds is 2. The van der Waals surface area contributed by atoms with Gasteiger partial charge in [-0.05, 0) is 23.6 Å². The van der Waals surface area contributed by atoms with Crippen molar-refractivity contribution in [3.05, 3.63) is 53.5 Å². The number of aromatic nitrogens is 2. The molecule has 0 aliphatic carbocycles. The first kappa shape index (κ1) is 11.2. The molecule has 0 spiro atoms. The SMILES string of the molecule is Nc1ccnc(CN2CCc3ccccc3C2)n1. The lowest BCUT2D eigenvalue weighted by Crippen LogP contribution is -2.30. The van der Waals surface area contributed by atoms with E-state index < -0.39 is 0 Å². The summed E-state index contributed by atoms with van der Waals surface area (Å²) in [6.45, 7) is 2.78. The molecule has 0 bridgehead atoms. The highest BCUT2D eigenvalue weighted by molar-refractivity contribution is 5.29. The van der Waals surface area contributed by atoms with E-state index in [1.54, 1.807) is 12.3 Å². The molecule has 0 saturated heterocycles. The minimum atomic E-state index is 0.539. The van der Waals surface area contributed by atoms with Gasteiger partial charge in [-0.25, -0.2) is 9.97 Å². The summed E-state index contributed by atoms with van der Waals surface area (Å²) in [6.07, 6.45) is 2.81. The third-order valence-corrected chi connectivity index (χ3v) is 3.30. The van der Waals surface area contributed by atoms with Gasteiger partial charge in [-0.1, -0.05) is 24.3 Å². The van der Waals surface area contributed by atoms with E-state index in [0.717, 1.165) is 31.9 Å². The number of hydrogen-bond acceptors (Lipinski definition) is 4. The second-order valence-electron chi connectivity index (χ2n) is 4.63. The van der Waals surface area contributed by atoms with Gasteiger partial charge >= 0.3 is 0 Å². The van der Waals surface area contributed by atoms with Crippen molar-refractivity contribution in [1.82, 2.24) is 14.9 Å². The molecule has 1 aromatic carbocycles.